The van der Waals surface area contributed by atoms with Crippen molar-refractivity contribution >= 4 is 71.6 Å². The predicted molar refractivity (Wildman–Crippen MR) is 218 cm³/mol. The van der Waals surface area contributed by atoms with E-state index in [1.165, 1.54) is 49.4 Å². The maximum Gasteiger partial charge on any atom is 0.159 e. The third-order valence-electron chi connectivity index (χ3n) is 11.4. The quantitative estimate of drug-likeness (QED) is 0.186. The molecule has 0 fully saturated rings. The standard InChI is InChI=1S/C49H34N2O/c1-49(2)40-21-9-5-16-34(40)39-30-32(27-28-41(39)49)50(45-24-13-20-38-37-19-8-12-25-46(37)52-48(38)45)47-33-15-4-3-14-31(33)26-29-44(47)51-42-22-10-6-17-35(42)36-18-7-11-23-43(36)51/h3-30H,1-2H3. The number of nitrogens with zero attached hydrogens (tertiary/aromatic N) is 2. The van der Waals surface area contributed by atoms with Gasteiger partial charge in [0.25, 0.3) is 0 Å². The zero-order valence-corrected chi connectivity index (χ0v) is 29.0. The van der Waals surface area contributed by atoms with Crippen molar-refractivity contribution in [1.82, 2.24) is 4.57 Å². The lowest BCUT2D eigenvalue weighted by molar-refractivity contribution is 0.660. The van der Waals surface area contributed by atoms with Crippen molar-refractivity contribution in [3.05, 3.63) is 181 Å². The number of anilines is 3. The summed E-state index contributed by atoms with van der Waals surface area (Å²) in [7, 11) is 0. The molecule has 52 heavy (non-hydrogen) atoms. The van der Waals surface area contributed by atoms with E-state index in [1.54, 1.807) is 0 Å². The third-order valence-corrected chi connectivity index (χ3v) is 11.4. The summed E-state index contributed by atoms with van der Waals surface area (Å²) in [6.07, 6.45) is 0. The second-order valence-electron chi connectivity index (χ2n) is 14.5. The van der Waals surface area contributed by atoms with E-state index in [4.69, 9.17) is 4.42 Å². The van der Waals surface area contributed by atoms with Crippen LogP contribution in [0, 0.1) is 0 Å². The molecule has 3 heteroatoms. The smallest absolute Gasteiger partial charge is 0.159 e. The minimum absolute atomic E-state index is 0.0956. The van der Waals surface area contributed by atoms with Crippen molar-refractivity contribution in [2.24, 2.45) is 0 Å². The largest absolute Gasteiger partial charge is 0.454 e. The van der Waals surface area contributed by atoms with Gasteiger partial charge in [0.1, 0.15) is 5.58 Å². The summed E-state index contributed by atoms with van der Waals surface area (Å²) in [6, 6.07) is 61.7. The van der Waals surface area contributed by atoms with E-state index < -0.39 is 0 Å². The van der Waals surface area contributed by atoms with E-state index in [2.05, 4.69) is 187 Å². The van der Waals surface area contributed by atoms with Crippen LogP contribution in [0.1, 0.15) is 25.0 Å². The first-order valence-electron chi connectivity index (χ1n) is 18.0. The minimum Gasteiger partial charge on any atom is -0.454 e. The Morgan fingerprint density at radius 2 is 1.13 bits per heavy atom. The molecule has 2 aromatic heterocycles. The van der Waals surface area contributed by atoms with Gasteiger partial charge in [0, 0.05) is 38.0 Å². The lowest BCUT2D eigenvalue weighted by Gasteiger charge is -2.30. The molecule has 8 aromatic carbocycles. The first kappa shape index (κ1) is 29.2. The number of benzene rings is 8. The topological polar surface area (TPSA) is 21.3 Å². The van der Waals surface area contributed by atoms with E-state index in [0.717, 1.165) is 50.1 Å². The summed E-state index contributed by atoms with van der Waals surface area (Å²) in [5.41, 5.74) is 13.6. The Hall–Kier alpha value is -6.58. The van der Waals surface area contributed by atoms with Crippen LogP contribution in [-0.4, -0.2) is 4.57 Å². The van der Waals surface area contributed by atoms with E-state index in [0.29, 0.717) is 0 Å². The lowest BCUT2D eigenvalue weighted by atomic mass is 9.82. The fourth-order valence-electron chi connectivity index (χ4n) is 8.99. The van der Waals surface area contributed by atoms with Crippen LogP contribution >= 0.6 is 0 Å². The minimum atomic E-state index is -0.0956. The molecule has 1 aliphatic rings. The first-order valence-corrected chi connectivity index (χ1v) is 18.0. The normalized spacial score (nSPS) is 13.3. The van der Waals surface area contributed by atoms with Crippen LogP contribution in [0.2, 0.25) is 0 Å². The fraction of sp³-hybridized carbons (Fsp3) is 0.0612. The lowest BCUT2D eigenvalue weighted by Crippen LogP contribution is -2.16. The number of aromatic nitrogens is 1. The van der Waals surface area contributed by atoms with Crippen LogP contribution in [0.15, 0.2) is 174 Å². The fourth-order valence-corrected chi connectivity index (χ4v) is 8.99. The monoisotopic (exact) mass is 666 g/mol. The molecule has 0 saturated carbocycles. The predicted octanol–water partition coefficient (Wildman–Crippen LogP) is 13.6. The maximum atomic E-state index is 6.82. The highest BCUT2D eigenvalue weighted by molar-refractivity contribution is 6.15. The van der Waals surface area contributed by atoms with Gasteiger partial charge in [-0.05, 0) is 70.1 Å². The SMILES string of the molecule is CC1(C)c2ccccc2-c2cc(N(c3c(-n4c5ccccc5c5ccccc54)ccc4ccccc34)c3cccc4c3oc3ccccc34)ccc21. The highest BCUT2D eigenvalue weighted by atomic mass is 16.3. The van der Waals surface area contributed by atoms with Crippen LogP contribution in [0.3, 0.4) is 0 Å². The van der Waals surface area contributed by atoms with Gasteiger partial charge in [0.2, 0.25) is 0 Å². The van der Waals surface area contributed by atoms with Gasteiger partial charge >= 0.3 is 0 Å². The Morgan fingerprint density at radius 1 is 0.500 bits per heavy atom. The van der Waals surface area contributed by atoms with E-state index in [9.17, 15) is 0 Å². The van der Waals surface area contributed by atoms with Crippen molar-refractivity contribution in [1.29, 1.82) is 0 Å². The van der Waals surface area contributed by atoms with Crippen LogP contribution in [0.5, 0.6) is 0 Å². The number of furan rings is 1. The second-order valence-corrected chi connectivity index (χ2v) is 14.5. The molecule has 0 N–H and O–H groups in total. The second kappa shape index (κ2) is 10.7. The molecule has 246 valence electrons. The van der Waals surface area contributed by atoms with Crippen molar-refractivity contribution in [3.63, 3.8) is 0 Å². The van der Waals surface area contributed by atoms with Crippen molar-refractivity contribution in [2.45, 2.75) is 19.3 Å². The highest BCUT2D eigenvalue weighted by Crippen LogP contribution is 2.53. The molecule has 1 aliphatic carbocycles. The summed E-state index contributed by atoms with van der Waals surface area (Å²) in [4.78, 5) is 2.46. The summed E-state index contributed by atoms with van der Waals surface area (Å²) >= 11 is 0. The van der Waals surface area contributed by atoms with Crippen molar-refractivity contribution in [3.8, 4) is 16.8 Å². The molecule has 0 aliphatic heterocycles. The molecule has 0 radical (unpaired) electrons. The third kappa shape index (κ3) is 3.96. The average Bonchev–Trinajstić information content (AvgIpc) is 3.81. The molecule has 0 spiro atoms. The molecular formula is C49H34N2O. The van der Waals surface area contributed by atoms with Gasteiger partial charge in [-0.1, -0.05) is 141 Å². The van der Waals surface area contributed by atoms with Crippen LogP contribution in [0.25, 0.3) is 71.3 Å². The van der Waals surface area contributed by atoms with Gasteiger partial charge in [0.05, 0.1) is 28.1 Å². The number of fused-ring (bicyclic) bond motifs is 10. The van der Waals surface area contributed by atoms with Crippen LogP contribution in [0.4, 0.5) is 17.1 Å². The van der Waals surface area contributed by atoms with Gasteiger partial charge in [-0.25, -0.2) is 0 Å². The Bertz CT molecular complexity index is 3010. The molecule has 0 amide bonds. The van der Waals surface area contributed by atoms with Gasteiger partial charge < -0.3 is 13.9 Å². The zero-order valence-electron chi connectivity index (χ0n) is 29.0. The van der Waals surface area contributed by atoms with E-state index >= 15 is 0 Å². The molecule has 0 unspecified atom stereocenters. The molecule has 2 heterocycles. The van der Waals surface area contributed by atoms with Gasteiger partial charge in [-0.15, -0.1) is 0 Å². The van der Waals surface area contributed by atoms with E-state index in [1.807, 2.05) is 6.07 Å². The van der Waals surface area contributed by atoms with Gasteiger partial charge in [-0.3, -0.25) is 0 Å². The number of hydrogen-bond acceptors (Lipinski definition) is 2. The van der Waals surface area contributed by atoms with Crippen molar-refractivity contribution in [2.75, 3.05) is 4.90 Å². The van der Waals surface area contributed by atoms with Crippen LogP contribution in [-0.2, 0) is 5.41 Å². The summed E-state index contributed by atoms with van der Waals surface area (Å²) in [6.45, 7) is 4.69. The molecule has 3 nitrogen and oxygen atoms in total. The number of rotatable bonds is 4. The number of hydrogen-bond donors (Lipinski definition) is 0. The van der Waals surface area contributed by atoms with Crippen molar-refractivity contribution < 1.29 is 4.42 Å². The Labute approximate surface area is 301 Å². The van der Waals surface area contributed by atoms with Crippen LogP contribution < -0.4 is 4.90 Å². The van der Waals surface area contributed by atoms with Gasteiger partial charge in [-0.2, -0.15) is 0 Å². The number of para-hydroxylation sites is 4. The summed E-state index contributed by atoms with van der Waals surface area (Å²) in [5, 5.41) is 7.03. The first-order chi connectivity index (χ1) is 25.6. The zero-order chi connectivity index (χ0) is 34.6. The average molecular weight is 667 g/mol. The molecule has 0 saturated heterocycles. The maximum absolute atomic E-state index is 6.82. The highest BCUT2D eigenvalue weighted by Gasteiger charge is 2.36. The molecular weight excluding hydrogens is 633 g/mol. The Kier molecular flexibility index (Phi) is 6.01. The molecule has 0 atom stereocenters. The summed E-state index contributed by atoms with van der Waals surface area (Å²) in [5.74, 6) is 0. The Morgan fingerprint density at radius 3 is 1.94 bits per heavy atom. The molecule has 11 rings (SSSR count). The Balaban J connectivity index is 1.30. The van der Waals surface area contributed by atoms with Gasteiger partial charge in [0.15, 0.2) is 5.58 Å². The van der Waals surface area contributed by atoms with E-state index in [-0.39, 0.29) is 5.41 Å². The molecule has 10 aromatic rings. The summed E-state index contributed by atoms with van der Waals surface area (Å²) < 4.78 is 9.27. The molecule has 0 bridgehead atoms.